The second-order valence-corrected chi connectivity index (χ2v) is 15.2. The molecule has 1 aromatic rings. The minimum atomic E-state index is -1.72. The molecule has 0 spiro atoms. The van der Waals surface area contributed by atoms with Gasteiger partial charge in [0.1, 0.15) is 8.24 Å². The molecule has 1 atom stereocenters. The summed E-state index contributed by atoms with van der Waals surface area (Å²) < 4.78 is 4.06. The van der Waals surface area contributed by atoms with Crippen molar-refractivity contribution in [2.45, 2.75) is 32.6 Å². The van der Waals surface area contributed by atoms with Crippen LogP contribution in [0.3, 0.4) is 0 Å². The first-order chi connectivity index (χ1) is 8.42. The topological polar surface area (TPSA) is 12.0 Å². The molecule has 96 valence electrons. The van der Waals surface area contributed by atoms with Crippen LogP contribution in [-0.2, 0) is 0 Å². The quantitative estimate of drug-likeness (QED) is 0.830. The summed E-state index contributed by atoms with van der Waals surface area (Å²) in [4.78, 5) is 0. The molecule has 1 aliphatic rings. The SMILES string of the molecule is C[Si](C)(C)N[Si](C)(C1=CC=CC1)c1ccccc1. The molecule has 1 nitrogen and oxygen atoms in total. The van der Waals surface area contributed by atoms with Gasteiger partial charge in [-0.25, -0.2) is 0 Å². The Kier molecular flexibility index (Phi) is 3.75. The summed E-state index contributed by atoms with van der Waals surface area (Å²) in [5.41, 5.74) is 0. The molecule has 0 saturated heterocycles. The number of allylic oxidation sites excluding steroid dienone is 4. The molecule has 1 unspecified atom stereocenters. The molecule has 3 heteroatoms. The fourth-order valence-electron chi connectivity index (χ4n) is 2.68. The predicted octanol–water partition coefficient (Wildman–Crippen LogP) is 3.32. The van der Waals surface area contributed by atoms with Crippen molar-refractivity contribution >= 4 is 21.7 Å². The summed E-state index contributed by atoms with van der Waals surface area (Å²) in [6.07, 6.45) is 7.92. The highest BCUT2D eigenvalue weighted by atomic mass is 28.4. The Hall–Kier alpha value is -0.906. The number of hydrogen-bond donors (Lipinski definition) is 1. The van der Waals surface area contributed by atoms with Crippen LogP contribution in [0.15, 0.2) is 53.8 Å². The Balaban J connectivity index is 2.40. The fraction of sp³-hybridized carbons (Fsp3) is 0.333. The van der Waals surface area contributed by atoms with Gasteiger partial charge in [0.2, 0.25) is 0 Å². The van der Waals surface area contributed by atoms with Crippen LogP contribution in [0.25, 0.3) is 0 Å². The third-order valence-electron chi connectivity index (χ3n) is 3.39. The van der Waals surface area contributed by atoms with E-state index in [-0.39, 0.29) is 0 Å². The predicted molar refractivity (Wildman–Crippen MR) is 86.0 cm³/mol. The van der Waals surface area contributed by atoms with Crippen molar-refractivity contribution < 1.29 is 0 Å². The zero-order valence-corrected chi connectivity index (χ0v) is 13.8. The molecule has 0 fully saturated rings. The fourth-order valence-corrected chi connectivity index (χ4v) is 12.1. The molecule has 0 saturated carbocycles. The molecule has 1 aromatic carbocycles. The maximum atomic E-state index is 4.06. The van der Waals surface area contributed by atoms with E-state index in [9.17, 15) is 0 Å². The van der Waals surface area contributed by atoms with E-state index >= 15 is 0 Å². The van der Waals surface area contributed by atoms with Crippen molar-refractivity contribution in [1.29, 1.82) is 0 Å². The Morgan fingerprint density at radius 2 is 1.67 bits per heavy atom. The van der Waals surface area contributed by atoms with Crippen LogP contribution in [0, 0.1) is 0 Å². The van der Waals surface area contributed by atoms with Gasteiger partial charge < -0.3 is 4.65 Å². The zero-order valence-electron chi connectivity index (χ0n) is 11.8. The summed E-state index contributed by atoms with van der Waals surface area (Å²) in [6, 6.07) is 11.0. The summed E-state index contributed by atoms with van der Waals surface area (Å²) >= 11 is 0. The van der Waals surface area contributed by atoms with Crippen LogP contribution in [-0.4, -0.2) is 16.5 Å². The highest BCUT2D eigenvalue weighted by Gasteiger charge is 2.37. The Bertz CT molecular complexity index is 471. The number of nitrogens with one attached hydrogen (secondary N) is 1. The van der Waals surface area contributed by atoms with Crippen LogP contribution >= 0.6 is 0 Å². The average molecular weight is 274 g/mol. The summed E-state index contributed by atoms with van der Waals surface area (Å²) in [6.45, 7) is 9.64. The lowest BCUT2D eigenvalue weighted by atomic mass is 10.4. The van der Waals surface area contributed by atoms with E-state index < -0.39 is 16.5 Å². The minimum Gasteiger partial charge on any atom is -0.353 e. The third-order valence-corrected chi connectivity index (χ3v) is 11.5. The molecular weight excluding hydrogens is 250 g/mol. The van der Waals surface area contributed by atoms with Crippen molar-refractivity contribution in [3.05, 3.63) is 53.8 Å². The van der Waals surface area contributed by atoms with Crippen LogP contribution in [0.5, 0.6) is 0 Å². The third kappa shape index (κ3) is 2.91. The van der Waals surface area contributed by atoms with E-state index in [2.05, 4.69) is 79.4 Å². The van der Waals surface area contributed by atoms with E-state index in [1.807, 2.05) is 0 Å². The maximum Gasteiger partial charge on any atom is 0.176 e. The van der Waals surface area contributed by atoms with Gasteiger partial charge in [0, 0.05) is 0 Å². The molecule has 1 N–H and O–H groups in total. The summed E-state index contributed by atoms with van der Waals surface area (Å²) in [5, 5.41) is 3.11. The Morgan fingerprint density at radius 3 is 2.17 bits per heavy atom. The highest BCUT2D eigenvalue weighted by molar-refractivity contribution is 7.02. The summed E-state index contributed by atoms with van der Waals surface area (Å²) in [7, 11) is -3.02. The van der Waals surface area contributed by atoms with Crippen molar-refractivity contribution in [1.82, 2.24) is 4.65 Å². The highest BCUT2D eigenvalue weighted by Crippen LogP contribution is 2.22. The number of hydrogen-bond acceptors (Lipinski definition) is 1. The maximum absolute atomic E-state index is 4.06. The van der Waals surface area contributed by atoms with Gasteiger partial charge in [-0.15, -0.1) is 0 Å². The molecule has 1 aliphatic carbocycles. The van der Waals surface area contributed by atoms with Crippen molar-refractivity contribution in [3.8, 4) is 0 Å². The van der Waals surface area contributed by atoms with Crippen molar-refractivity contribution in [3.63, 3.8) is 0 Å². The molecule has 0 amide bonds. The molecule has 2 rings (SSSR count). The minimum absolute atomic E-state index is 1.12. The van der Waals surface area contributed by atoms with Crippen molar-refractivity contribution in [2.24, 2.45) is 0 Å². The van der Waals surface area contributed by atoms with Gasteiger partial charge in [0.05, 0.1) is 0 Å². The molecule has 0 radical (unpaired) electrons. The van der Waals surface area contributed by atoms with Crippen LogP contribution in [0.4, 0.5) is 0 Å². The van der Waals surface area contributed by atoms with Crippen LogP contribution in [0.2, 0.25) is 26.2 Å². The molecule has 0 aromatic heterocycles. The Labute approximate surface area is 113 Å². The molecular formula is C15H23NSi2. The first-order valence-corrected chi connectivity index (χ1v) is 12.6. The second kappa shape index (κ2) is 4.99. The van der Waals surface area contributed by atoms with Gasteiger partial charge in [0.15, 0.2) is 8.24 Å². The lowest BCUT2D eigenvalue weighted by Gasteiger charge is -2.37. The van der Waals surface area contributed by atoms with Gasteiger partial charge in [0.25, 0.3) is 0 Å². The monoisotopic (exact) mass is 273 g/mol. The van der Waals surface area contributed by atoms with Crippen LogP contribution < -0.4 is 9.83 Å². The standard InChI is InChI=1S/C15H23NSi2/c1-17(2,3)16-18(4,15-12-8-9-13-15)14-10-6-5-7-11-14/h5-12,16H,13H2,1-4H3. The van der Waals surface area contributed by atoms with Crippen LogP contribution in [0.1, 0.15) is 6.42 Å². The van der Waals surface area contributed by atoms with Crippen molar-refractivity contribution in [2.75, 3.05) is 0 Å². The van der Waals surface area contributed by atoms with E-state index in [1.165, 1.54) is 5.19 Å². The van der Waals surface area contributed by atoms with Gasteiger partial charge in [-0.3, -0.25) is 0 Å². The molecule has 0 bridgehead atoms. The number of rotatable bonds is 4. The first kappa shape index (κ1) is 13.5. The zero-order chi connectivity index (χ0) is 13.2. The molecule has 18 heavy (non-hydrogen) atoms. The van der Waals surface area contributed by atoms with E-state index in [0.29, 0.717) is 0 Å². The lowest BCUT2D eigenvalue weighted by Crippen LogP contribution is -2.67. The normalized spacial score (nSPS) is 18.6. The molecule has 0 aliphatic heterocycles. The lowest BCUT2D eigenvalue weighted by molar-refractivity contribution is 1.26. The van der Waals surface area contributed by atoms with Gasteiger partial charge in [-0.2, -0.15) is 0 Å². The van der Waals surface area contributed by atoms with E-state index in [4.69, 9.17) is 0 Å². The van der Waals surface area contributed by atoms with Gasteiger partial charge in [-0.05, 0) is 18.2 Å². The number of benzene rings is 1. The van der Waals surface area contributed by atoms with Gasteiger partial charge >= 0.3 is 0 Å². The summed E-state index contributed by atoms with van der Waals surface area (Å²) in [5.74, 6) is 0. The second-order valence-electron chi connectivity index (χ2n) is 6.19. The Morgan fingerprint density at radius 1 is 1.00 bits per heavy atom. The van der Waals surface area contributed by atoms with E-state index in [1.54, 1.807) is 5.20 Å². The largest absolute Gasteiger partial charge is 0.353 e. The van der Waals surface area contributed by atoms with E-state index in [0.717, 1.165) is 6.42 Å². The smallest absolute Gasteiger partial charge is 0.176 e. The molecule has 0 heterocycles. The average Bonchev–Trinajstić information content (AvgIpc) is 2.82. The first-order valence-electron chi connectivity index (χ1n) is 6.63. The van der Waals surface area contributed by atoms with Gasteiger partial charge in [-0.1, -0.05) is 73.4 Å².